The molecule has 0 saturated heterocycles. The third kappa shape index (κ3) is 5.27. The minimum Gasteiger partial charge on any atom is -0.493 e. The van der Waals surface area contributed by atoms with Gasteiger partial charge in [-0.3, -0.25) is 9.69 Å². The van der Waals surface area contributed by atoms with Crippen molar-refractivity contribution in [2.75, 3.05) is 26.6 Å². The van der Waals surface area contributed by atoms with Crippen LogP contribution in [-0.4, -0.2) is 38.1 Å². The van der Waals surface area contributed by atoms with Gasteiger partial charge in [-0.05, 0) is 49.9 Å². The van der Waals surface area contributed by atoms with Crippen molar-refractivity contribution in [3.8, 4) is 11.5 Å². The maximum Gasteiger partial charge on any atom is 0.241 e. The molecule has 0 spiro atoms. The second-order valence-electron chi connectivity index (χ2n) is 5.93. The van der Waals surface area contributed by atoms with Crippen LogP contribution in [0.3, 0.4) is 0 Å². The number of benzene rings is 2. The lowest BCUT2D eigenvalue weighted by Crippen LogP contribution is -2.39. The molecule has 0 aliphatic heterocycles. The fourth-order valence-electron chi connectivity index (χ4n) is 2.48. The maximum absolute atomic E-state index is 12.5. The van der Waals surface area contributed by atoms with Crippen molar-refractivity contribution in [1.82, 2.24) is 4.90 Å². The molecule has 2 aromatic carbocycles. The van der Waals surface area contributed by atoms with E-state index in [0.29, 0.717) is 33.8 Å². The standard InChI is InChI=1S/C19H22Cl2N2O3/c1-12(19(24)22-16-9-14(20)8-15(21)10-16)23(2)11-13-5-6-17(25-3)18(7-13)26-4/h5-10,12H,11H2,1-4H3,(H,22,24). The normalized spacial score (nSPS) is 12.0. The van der Waals surface area contributed by atoms with Crippen molar-refractivity contribution in [1.29, 1.82) is 0 Å². The third-order valence-electron chi connectivity index (χ3n) is 4.05. The molecule has 0 aliphatic rings. The molecule has 0 aromatic heterocycles. The monoisotopic (exact) mass is 396 g/mol. The van der Waals surface area contributed by atoms with Crippen molar-refractivity contribution in [2.24, 2.45) is 0 Å². The molecule has 2 rings (SSSR count). The lowest BCUT2D eigenvalue weighted by Gasteiger charge is -2.24. The lowest BCUT2D eigenvalue weighted by atomic mass is 10.1. The van der Waals surface area contributed by atoms with Crippen molar-refractivity contribution in [2.45, 2.75) is 19.5 Å². The highest BCUT2D eigenvalue weighted by Crippen LogP contribution is 2.28. The fourth-order valence-corrected chi connectivity index (χ4v) is 3.00. The Morgan fingerprint density at radius 3 is 2.27 bits per heavy atom. The molecule has 1 amide bonds. The van der Waals surface area contributed by atoms with Crippen LogP contribution in [0.25, 0.3) is 0 Å². The average Bonchev–Trinajstić information content (AvgIpc) is 2.59. The van der Waals surface area contributed by atoms with Gasteiger partial charge < -0.3 is 14.8 Å². The summed E-state index contributed by atoms with van der Waals surface area (Å²) in [4.78, 5) is 14.4. The minimum absolute atomic E-state index is 0.147. The van der Waals surface area contributed by atoms with Crippen LogP contribution in [0, 0.1) is 0 Å². The summed E-state index contributed by atoms with van der Waals surface area (Å²) in [5.41, 5.74) is 1.58. The van der Waals surface area contributed by atoms with Gasteiger partial charge in [-0.25, -0.2) is 0 Å². The second kappa shape index (κ2) is 9.12. The molecule has 140 valence electrons. The summed E-state index contributed by atoms with van der Waals surface area (Å²) in [5, 5.41) is 3.78. The molecule has 0 fully saturated rings. The van der Waals surface area contributed by atoms with Gasteiger partial charge in [0, 0.05) is 22.3 Å². The molecular weight excluding hydrogens is 375 g/mol. The highest BCUT2D eigenvalue weighted by atomic mass is 35.5. The summed E-state index contributed by atoms with van der Waals surface area (Å²) in [5.74, 6) is 1.18. The zero-order chi connectivity index (χ0) is 19.3. The van der Waals surface area contributed by atoms with Gasteiger partial charge in [0.2, 0.25) is 5.91 Å². The van der Waals surface area contributed by atoms with Crippen LogP contribution >= 0.6 is 23.2 Å². The van der Waals surface area contributed by atoms with E-state index in [4.69, 9.17) is 32.7 Å². The zero-order valence-corrected chi connectivity index (χ0v) is 16.7. The number of anilines is 1. The number of nitrogens with one attached hydrogen (secondary N) is 1. The Morgan fingerprint density at radius 1 is 1.08 bits per heavy atom. The van der Waals surface area contributed by atoms with E-state index in [0.717, 1.165) is 5.56 Å². The van der Waals surface area contributed by atoms with Crippen LogP contribution in [0.4, 0.5) is 5.69 Å². The van der Waals surface area contributed by atoms with E-state index < -0.39 is 0 Å². The van der Waals surface area contributed by atoms with Gasteiger partial charge in [0.25, 0.3) is 0 Å². The molecule has 1 atom stereocenters. The summed E-state index contributed by atoms with van der Waals surface area (Å²) >= 11 is 11.9. The number of ether oxygens (including phenoxy) is 2. The first-order chi connectivity index (χ1) is 12.3. The molecule has 1 unspecified atom stereocenters. The van der Waals surface area contributed by atoms with Crippen molar-refractivity contribution in [3.05, 3.63) is 52.0 Å². The van der Waals surface area contributed by atoms with E-state index in [9.17, 15) is 4.79 Å². The van der Waals surface area contributed by atoms with Crippen molar-refractivity contribution in [3.63, 3.8) is 0 Å². The van der Waals surface area contributed by atoms with E-state index in [1.807, 2.05) is 37.1 Å². The van der Waals surface area contributed by atoms with Crippen LogP contribution in [-0.2, 0) is 11.3 Å². The maximum atomic E-state index is 12.5. The number of nitrogens with zero attached hydrogens (tertiary/aromatic N) is 1. The Labute approximate surface area is 163 Å². The summed E-state index contributed by atoms with van der Waals surface area (Å²) in [7, 11) is 5.07. The zero-order valence-electron chi connectivity index (χ0n) is 15.2. The number of carbonyl (C=O) groups excluding carboxylic acids is 1. The molecule has 2 aromatic rings. The lowest BCUT2D eigenvalue weighted by molar-refractivity contribution is -0.120. The van der Waals surface area contributed by atoms with Crippen LogP contribution in [0.2, 0.25) is 10.0 Å². The molecule has 26 heavy (non-hydrogen) atoms. The van der Waals surface area contributed by atoms with Crippen LogP contribution in [0.15, 0.2) is 36.4 Å². The number of rotatable bonds is 7. The molecule has 7 heteroatoms. The smallest absolute Gasteiger partial charge is 0.241 e. The molecule has 0 aliphatic carbocycles. The summed E-state index contributed by atoms with van der Waals surface area (Å²) in [6, 6.07) is 10.3. The fraction of sp³-hybridized carbons (Fsp3) is 0.316. The highest BCUT2D eigenvalue weighted by molar-refractivity contribution is 6.35. The highest BCUT2D eigenvalue weighted by Gasteiger charge is 2.19. The third-order valence-corrected chi connectivity index (χ3v) is 4.49. The Morgan fingerprint density at radius 2 is 1.69 bits per heavy atom. The van der Waals surface area contributed by atoms with Crippen LogP contribution < -0.4 is 14.8 Å². The first-order valence-corrected chi connectivity index (χ1v) is 8.77. The van der Waals surface area contributed by atoms with Gasteiger partial charge in [0.05, 0.1) is 20.3 Å². The summed E-state index contributed by atoms with van der Waals surface area (Å²) in [6.07, 6.45) is 0. The van der Waals surface area contributed by atoms with Crippen LogP contribution in [0.5, 0.6) is 11.5 Å². The van der Waals surface area contributed by atoms with Gasteiger partial charge in [-0.15, -0.1) is 0 Å². The second-order valence-corrected chi connectivity index (χ2v) is 6.80. The number of carbonyl (C=O) groups is 1. The van der Waals surface area contributed by atoms with E-state index in [1.54, 1.807) is 32.4 Å². The largest absolute Gasteiger partial charge is 0.493 e. The number of hydrogen-bond donors (Lipinski definition) is 1. The topological polar surface area (TPSA) is 50.8 Å². The minimum atomic E-state index is -0.360. The molecule has 5 nitrogen and oxygen atoms in total. The Bertz CT molecular complexity index is 763. The van der Waals surface area contributed by atoms with Crippen molar-refractivity contribution >= 4 is 34.8 Å². The Kier molecular flexibility index (Phi) is 7.14. The molecular formula is C19H22Cl2N2O3. The number of halogens is 2. The molecule has 1 N–H and O–H groups in total. The first-order valence-electron chi connectivity index (χ1n) is 8.02. The number of amides is 1. The summed E-state index contributed by atoms with van der Waals surface area (Å²) < 4.78 is 10.6. The van der Waals surface area contributed by atoms with Crippen LogP contribution in [0.1, 0.15) is 12.5 Å². The van der Waals surface area contributed by atoms with Gasteiger partial charge in [-0.2, -0.15) is 0 Å². The molecule has 0 bridgehead atoms. The number of likely N-dealkylation sites (N-methyl/N-ethyl adjacent to an activating group) is 1. The van der Waals surface area contributed by atoms with Gasteiger partial charge in [0.15, 0.2) is 11.5 Å². The SMILES string of the molecule is COc1ccc(CN(C)C(C)C(=O)Nc2cc(Cl)cc(Cl)c2)cc1OC. The Balaban J connectivity index is 2.04. The van der Waals surface area contributed by atoms with E-state index >= 15 is 0 Å². The van der Waals surface area contributed by atoms with Gasteiger partial charge in [0.1, 0.15) is 0 Å². The molecule has 0 saturated carbocycles. The molecule has 0 radical (unpaired) electrons. The number of hydrogen-bond acceptors (Lipinski definition) is 4. The number of methoxy groups -OCH3 is 2. The van der Waals surface area contributed by atoms with Crippen molar-refractivity contribution < 1.29 is 14.3 Å². The van der Waals surface area contributed by atoms with E-state index in [2.05, 4.69) is 5.32 Å². The quantitative estimate of drug-likeness (QED) is 0.749. The van der Waals surface area contributed by atoms with E-state index in [-0.39, 0.29) is 11.9 Å². The van der Waals surface area contributed by atoms with E-state index in [1.165, 1.54) is 0 Å². The molecule has 0 heterocycles. The first kappa shape index (κ1) is 20.4. The predicted octanol–water partition coefficient (Wildman–Crippen LogP) is 4.47. The summed E-state index contributed by atoms with van der Waals surface area (Å²) in [6.45, 7) is 2.41. The predicted molar refractivity (Wildman–Crippen MR) is 106 cm³/mol. The van der Waals surface area contributed by atoms with Gasteiger partial charge in [-0.1, -0.05) is 29.3 Å². The average molecular weight is 397 g/mol. The Hall–Kier alpha value is -1.95. The van der Waals surface area contributed by atoms with Gasteiger partial charge >= 0.3 is 0 Å².